The molecule has 18 aliphatic rings. The Morgan fingerprint density at radius 2 is 0.514 bits per heavy atom. The summed E-state index contributed by atoms with van der Waals surface area (Å²) in [6.07, 6.45) is -10.2. The maximum Gasteiger partial charge on any atom is 0.523 e. The third-order valence-corrected chi connectivity index (χ3v) is 19.5. The topological polar surface area (TPSA) is 260 Å². The molecule has 18 saturated heterocycles. The van der Waals surface area contributed by atoms with Crippen molar-refractivity contribution in [2.24, 2.45) is 0 Å². The summed E-state index contributed by atoms with van der Waals surface area (Å²) < 4.78 is -1.01. The van der Waals surface area contributed by atoms with Gasteiger partial charge in [0, 0.05) is 0 Å². The molecule has 364 valence electrons. The lowest BCUT2D eigenvalue weighted by atomic mass is 10.2. The lowest BCUT2D eigenvalue weighted by Crippen LogP contribution is -2.77. The van der Waals surface area contributed by atoms with E-state index in [0.717, 1.165) is 0 Å². The Kier molecular flexibility index (Phi) is 5.58. The molecule has 2 N–H and O–H groups in total. The van der Waals surface area contributed by atoms with Crippen molar-refractivity contribution in [2.45, 2.75) is 74.0 Å². The van der Waals surface area contributed by atoms with E-state index in [2.05, 4.69) is 10.6 Å². The van der Waals surface area contributed by atoms with Crippen LogP contribution in [0.3, 0.4) is 0 Å². The molecule has 70 heavy (non-hydrogen) atoms. The van der Waals surface area contributed by atoms with E-state index in [0.29, 0.717) is 0 Å². The molecule has 18 rings (SSSR count). The number of quaternary nitrogens is 2. The second-order valence-corrected chi connectivity index (χ2v) is 22.1. The van der Waals surface area contributed by atoms with Crippen molar-refractivity contribution in [1.82, 2.24) is 109 Å². The molecule has 0 aromatic carbocycles. The van der Waals surface area contributed by atoms with Crippen LogP contribution in [0.2, 0.25) is 0 Å². The van der Waals surface area contributed by atoms with Crippen LogP contribution in [0.4, 0.5) is 47.9 Å². The molecule has 0 bridgehead atoms. The van der Waals surface area contributed by atoms with Crippen molar-refractivity contribution >= 4 is 60.3 Å². The molecular weight excluding hydrogens is 929 g/mol. The van der Waals surface area contributed by atoms with Gasteiger partial charge in [0.25, 0.3) is 12.3 Å². The second kappa shape index (κ2) is 10.6. The lowest BCUT2D eigenvalue weighted by molar-refractivity contribution is -0.952. The molecule has 34 nitrogen and oxygen atoms in total. The van der Waals surface area contributed by atoms with Gasteiger partial charge in [-0.2, -0.15) is 9.28 Å². The standard InChI is InChI=1S/C36H41N24O10/c61-27-37-15-16(38-27)60-13-57-26-25-45(33(57)67)4-40-1-39-3-43-21-23-51(28(43)62)9-52-24-22-44(29(52)63)5-41-2-42-11-59(15,36(60)70)12-56-20(42)19(41)48(34(56)68)8-50(22)32(66)54(24)10-53(23)31(65)49(21)6-46-17(39)18(40)47(30(46)64)7-55(25)35(69)58(26)14-60/h15-26H,1-14H2,(H-,37,38,61)/q+1/p+1/t15?,16?,17?,18?,19?,20?,21?,22?,23?,24?,25?,26?,59-,60+/m1/s1. The van der Waals surface area contributed by atoms with Crippen LogP contribution >= 0.6 is 0 Å². The molecule has 0 aromatic rings. The monoisotopic (exact) mass is 970 g/mol. The summed E-state index contributed by atoms with van der Waals surface area (Å²) in [7, 11) is 0. The first-order valence-electron chi connectivity index (χ1n) is 23.7. The van der Waals surface area contributed by atoms with Crippen LogP contribution in [0, 0.1) is 0 Å². The van der Waals surface area contributed by atoms with E-state index >= 15 is 43.2 Å². The molecule has 0 aliphatic carbocycles. The van der Waals surface area contributed by atoms with Gasteiger partial charge in [-0.15, -0.1) is 4.48 Å². The number of urea groups is 10. The average Bonchev–Trinajstić information content (AvgIpc) is 4.24. The molecule has 14 atom stereocenters. The molecule has 2 spiro atoms. The van der Waals surface area contributed by atoms with E-state index in [-0.39, 0.29) is 93.4 Å². The van der Waals surface area contributed by atoms with Crippen LogP contribution in [0.1, 0.15) is 0 Å². The van der Waals surface area contributed by atoms with Gasteiger partial charge in [0.2, 0.25) is 0 Å². The molecule has 18 aliphatic heterocycles. The minimum Gasteiger partial charge on any atom is -0.287 e. The number of hydrogen-bond acceptors (Lipinski definition) is 14. The highest BCUT2D eigenvalue weighted by Gasteiger charge is 2.83. The lowest BCUT2D eigenvalue weighted by Gasteiger charge is -2.47. The van der Waals surface area contributed by atoms with Gasteiger partial charge >= 0.3 is 60.3 Å². The molecule has 0 aromatic heterocycles. The van der Waals surface area contributed by atoms with Crippen molar-refractivity contribution < 1.29 is 56.9 Å². The summed E-state index contributed by atoms with van der Waals surface area (Å²) in [4.78, 5) is 183. The smallest absolute Gasteiger partial charge is 0.287 e. The van der Waals surface area contributed by atoms with Crippen molar-refractivity contribution in [3.8, 4) is 0 Å². The summed E-state index contributed by atoms with van der Waals surface area (Å²) >= 11 is 0. The van der Waals surface area contributed by atoms with Crippen molar-refractivity contribution in [3.05, 3.63) is 0 Å². The van der Waals surface area contributed by atoms with Gasteiger partial charge in [-0.05, 0) is 0 Å². The first kappa shape index (κ1) is 36.8. The van der Waals surface area contributed by atoms with Gasteiger partial charge in [0.1, 0.15) is 58.0 Å². The minimum atomic E-state index is -0.981. The summed E-state index contributed by atoms with van der Waals surface area (Å²) in [6, 6.07) is -4.77. The molecule has 18 fully saturated rings. The number of amides is 20. The van der Waals surface area contributed by atoms with Crippen LogP contribution < -0.4 is 10.6 Å². The minimum absolute atomic E-state index is 0.0184. The quantitative estimate of drug-likeness (QED) is 0.214. The third kappa shape index (κ3) is 3.41. The molecule has 12 unspecified atom stereocenters. The normalized spacial score (nSPS) is 46.0. The highest BCUT2D eigenvalue weighted by atomic mass is 16.2. The fourth-order valence-electron chi connectivity index (χ4n) is 17.0. The first-order chi connectivity index (χ1) is 33.8. The van der Waals surface area contributed by atoms with Crippen molar-refractivity contribution in [3.63, 3.8) is 0 Å². The highest BCUT2D eigenvalue weighted by molar-refractivity contribution is 5.91. The molecule has 18 heterocycles. The van der Waals surface area contributed by atoms with E-state index in [9.17, 15) is 4.79 Å². The van der Waals surface area contributed by atoms with Gasteiger partial charge in [-0.25, -0.2) is 62.8 Å². The number of carbonyl (C=O) groups is 10. The first-order valence-corrected chi connectivity index (χ1v) is 23.7. The Labute approximate surface area is 392 Å². The zero-order valence-corrected chi connectivity index (χ0v) is 36.7. The van der Waals surface area contributed by atoms with Gasteiger partial charge in [-0.1, -0.05) is 0 Å². The molecule has 20 amide bonds. The molecular formula is C36H42N24O10+2. The fraction of sp³-hybridized carbons (Fsp3) is 0.722. The van der Waals surface area contributed by atoms with Crippen LogP contribution in [0.5, 0.6) is 0 Å². The zero-order valence-electron chi connectivity index (χ0n) is 36.7. The van der Waals surface area contributed by atoms with Crippen LogP contribution in [0.15, 0.2) is 0 Å². The highest BCUT2D eigenvalue weighted by Crippen LogP contribution is 2.53. The Balaban J connectivity index is 0.821. The van der Waals surface area contributed by atoms with Gasteiger partial charge < -0.3 is 0 Å². The summed E-state index contributed by atoms with van der Waals surface area (Å²) in [5.41, 5.74) is 0. The Morgan fingerprint density at radius 3 is 0.871 bits per heavy atom. The Hall–Kier alpha value is -7.14. The number of rotatable bonds is 0. The van der Waals surface area contributed by atoms with Gasteiger partial charge in [0.15, 0.2) is 63.7 Å². The summed E-state index contributed by atoms with van der Waals surface area (Å²) in [5, 5.41) is 6.00. The predicted octanol–water partition coefficient (Wildman–Crippen LogP) is -6.38. The van der Waals surface area contributed by atoms with Gasteiger partial charge in [0.05, 0.1) is 33.3 Å². The van der Waals surface area contributed by atoms with Crippen LogP contribution in [0.25, 0.3) is 0 Å². The molecule has 0 saturated carbocycles. The third-order valence-electron chi connectivity index (χ3n) is 19.5. The van der Waals surface area contributed by atoms with Crippen LogP contribution in [-0.4, -0.2) is 335 Å². The second-order valence-electron chi connectivity index (χ2n) is 22.1. The number of nitrogens with one attached hydrogen (secondary N) is 2. The van der Waals surface area contributed by atoms with Crippen molar-refractivity contribution in [2.75, 3.05) is 93.4 Å². The largest absolute Gasteiger partial charge is 0.523 e. The maximum atomic E-state index is 16.1. The van der Waals surface area contributed by atoms with Gasteiger partial charge in [-0.3, -0.25) is 89.0 Å². The van der Waals surface area contributed by atoms with E-state index in [1.807, 2.05) is 19.6 Å². The number of carbonyl (C=O) groups excluding carboxylic acids is 10. The fourth-order valence-corrected chi connectivity index (χ4v) is 17.0. The average molecular weight is 971 g/mol. The van der Waals surface area contributed by atoms with E-state index < -0.39 is 143 Å². The summed E-state index contributed by atoms with van der Waals surface area (Å²) in [5.74, 6) is 0. The number of fused-ring (bicyclic) bond motifs is 3. The van der Waals surface area contributed by atoms with Crippen LogP contribution in [-0.2, 0) is 0 Å². The SMILES string of the molecule is O=C1NC2C(N1)[N@@+]13CN4CN5CN6C(=O)N7CN8C(=O)N9CN%10CN%11CN%12C(=O)N%13C[N@@+]2(CN2C(=O)N(CN%14C(=O)N(CN%15C(=O)N(CN%16C(=O)N(CN%17C(=O)N(C1)C4C5%17)C6C7%16)C8C9%15)C%10C%11%14)C%12C%132)C3=O. The Morgan fingerprint density at radius 1 is 0.271 bits per heavy atom. The maximum absolute atomic E-state index is 16.1. The Bertz CT molecular complexity index is 2830. The molecule has 0 radical (unpaired) electrons. The molecule has 34 heteroatoms. The number of nitrogens with zero attached hydrogens (tertiary/aromatic N) is 22. The number of hydrogen-bond donors (Lipinski definition) is 2. The summed E-state index contributed by atoms with van der Waals surface area (Å²) in [6.45, 7) is -1.70. The predicted molar refractivity (Wildman–Crippen MR) is 211 cm³/mol. The van der Waals surface area contributed by atoms with E-state index in [1.165, 1.54) is 44.1 Å². The van der Waals surface area contributed by atoms with E-state index in [1.54, 1.807) is 34.3 Å². The van der Waals surface area contributed by atoms with Crippen molar-refractivity contribution in [1.29, 1.82) is 0 Å². The van der Waals surface area contributed by atoms with E-state index in [4.69, 9.17) is 0 Å². The zero-order chi connectivity index (χ0) is 46.6.